The summed E-state index contributed by atoms with van der Waals surface area (Å²) in [4.78, 5) is 32.9. The normalized spacial score (nSPS) is 27.6. The summed E-state index contributed by atoms with van der Waals surface area (Å²) in [5.41, 5.74) is -2.48. The molecule has 30 heavy (non-hydrogen) atoms. The lowest BCUT2D eigenvalue weighted by atomic mass is 9.90. The molecular formula is C18H16ClF3N6O2. The van der Waals surface area contributed by atoms with Crippen molar-refractivity contribution in [1.82, 2.24) is 25.5 Å². The molecule has 0 aromatic carbocycles. The van der Waals surface area contributed by atoms with Crippen LogP contribution in [0.3, 0.4) is 0 Å². The maximum Gasteiger partial charge on any atom is 0.440 e. The van der Waals surface area contributed by atoms with Crippen LogP contribution in [0.4, 0.5) is 23.9 Å². The number of rotatable bonds is 5. The number of nitrogens with one attached hydrogen (secondary N) is 3. The highest BCUT2D eigenvalue weighted by Gasteiger charge is 2.68. The van der Waals surface area contributed by atoms with E-state index in [4.69, 9.17) is 11.6 Å². The number of aromatic nitrogens is 2. The number of allylic oxidation sites excluding steroid dienone is 2. The van der Waals surface area contributed by atoms with E-state index in [1.165, 1.54) is 0 Å². The first-order chi connectivity index (χ1) is 14.2. The third-order valence-corrected chi connectivity index (χ3v) is 5.29. The first-order valence-electron chi connectivity index (χ1n) is 8.98. The van der Waals surface area contributed by atoms with Crippen LogP contribution < -0.4 is 16.0 Å². The minimum absolute atomic E-state index is 0.0312. The zero-order chi connectivity index (χ0) is 21.5. The van der Waals surface area contributed by atoms with Crippen molar-refractivity contribution < 1.29 is 22.8 Å². The third kappa shape index (κ3) is 3.38. The summed E-state index contributed by atoms with van der Waals surface area (Å²) in [5.74, 6) is -1.94. The summed E-state index contributed by atoms with van der Waals surface area (Å²) in [6.07, 6.45) is 6.69. The summed E-state index contributed by atoms with van der Waals surface area (Å²) in [5, 5.41) is 6.92. The van der Waals surface area contributed by atoms with Gasteiger partial charge in [-0.1, -0.05) is 35.9 Å². The van der Waals surface area contributed by atoms with Crippen LogP contribution in [0.1, 0.15) is 6.42 Å². The number of amides is 3. The van der Waals surface area contributed by atoms with Gasteiger partial charge in [0.05, 0.1) is 23.5 Å². The Morgan fingerprint density at radius 1 is 1.20 bits per heavy atom. The molecule has 1 aromatic heterocycles. The van der Waals surface area contributed by atoms with Crippen molar-refractivity contribution in [2.24, 2.45) is 5.92 Å². The second kappa shape index (κ2) is 7.31. The van der Waals surface area contributed by atoms with Crippen molar-refractivity contribution in [2.75, 3.05) is 11.9 Å². The molecule has 0 unspecified atom stereocenters. The molecular weight excluding hydrogens is 425 g/mol. The lowest BCUT2D eigenvalue weighted by molar-refractivity contribution is -0.188. The molecule has 3 atom stereocenters. The van der Waals surface area contributed by atoms with Gasteiger partial charge in [0.1, 0.15) is 0 Å². The van der Waals surface area contributed by atoms with Crippen LogP contribution in [-0.2, 0) is 4.79 Å². The minimum atomic E-state index is -5.15. The molecule has 1 aromatic rings. The zero-order valence-electron chi connectivity index (χ0n) is 15.3. The van der Waals surface area contributed by atoms with Crippen LogP contribution in [0.25, 0.3) is 0 Å². The SMILES string of the molecule is O=C1N[C@](Nc2ncc(Cl)cn2)(C(F)(F)F)C(=O)N1CCC1=CN[C@@H]2C=CC=C[C@H]12. The maximum atomic E-state index is 13.9. The second-order valence-electron chi connectivity index (χ2n) is 6.94. The highest BCUT2D eigenvalue weighted by molar-refractivity contribution is 6.30. The van der Waals surface area contributed by atoms with E-state index in [1.54, 1.807) is 11.5 Å². The summed E-state index contributed by atoms with van der Waals surface area (Å²) < 4.78 is 41.7. The maximum absolute atomic E-state index is 13.9. The van der Waals surface area contributed by atoms with Gasteiger partial charge in [-0.25, -0.2) is 14.8 Å². The number of carbonyl (C=O) groups excluding carboxylic acids is 2. The highest BCUT2D eigenvalue weighted by Crippen LogP contribution is 2.37. The van der Waals surface area contributed by atoms with Crippen LogP contribution in [-0.4, -0.2) is 51.2 Å². The van der Waals surface area contributed by atoms with Crippen LogP contribution in [0.2, 0.25) is 5.02 Å². The molecule has 8 nitrogen and oxygen atoms in total. The fourth-order valence-corrected chi connectivity index (χ4v) is 3.67. The van der Waals surface area contributed by atoms with Crippen LogP contribution in [0.15, 0.2) is 48.5 Å². The first kappa shape index (κ1) is 20.2. The Bertz CT molecular complexity index is 962. The van der Waals surface area contributed by atoms with Crippen molar-refractivity contribution in [3.8, 4) is 0 Å². The Morgan fingerprint density at radius 3 is 2.60 bits per heavy atom. The molecule has 12 heteroatoms. The number of imide groups is 1. The molecule has 2 aliphatic heterocycles. The number of hydrogen-bond acceptors (Lipinski definition) is 6. The van der Waals surface area contributed by atoms with E-state index in [9.17, 15) is 22.8 Å². The smallest absolute Gasteiger partial charge is 0.384 e. The Morgan fingerprint density at radius 2 is 1.90 bits per heavy atom. The molecule has 4 rings (SSSR count). The van der Waals surface area contributed by atoms with Gasteiger partial charge < -0.3 is 10.6 Å². The predicted octanol–water partition coefficient (Wildman–Crippen LogP) is 2.34. The lowest BCUT2D eigenvalue weighted by Crippen LogP contribution is -2.64. The monoisotopic (exact) mass is 440 g/mol. The average Bonchev–Trinajstić information content (AvgIpc) is 3.21. The van der Waals surface area contributed by atoms with Crippen molar-refractivity contribution in [3.05, 3.63) is 53.5 Å². The van der Waals surface area contributed by atoms with E-state index in [-0.39, 0.29) is 29.9 Å². The first-order valence-corrected chi connectivity index (χ1v) is 9.35. The number of fused-ring (bicyclic) bond motifs is 1. The lowest BCUT2D eigenvalue weighted by Gasteiger charge is -2.29. The standard InChI is InChI=1S/C18H16ClF3N6O2/c19-11-8-24-15(25-9-11)26-17(18(20,21)22)14(29)28(16(30)27-17)6-5-10-7-23-13-4-2-1-3-12(10)13/h1-4,7-9,12-13,23H,5-6H2,(H,27,30)(H,24,25,26)/t12-,13-,17+/m1/s1. The predicted molar refractivity (Wildman–Crippen MR) is 101 cm³/mol. The molecule has 0 spiro atoms. The Balaban J connectivity index is 1.52. The molecule has 3 heterocycles. The van der Waals surface area contributed by atoms with E-state index in [0.717, 1.165) is 18.0 Å². The molecule has 0 radical (unpaired) electrons. The van der Waals surface area contributed by atoms with Crippen molar-refractivity contribution >= 4 is 29.5 Å². The van der Waals surface area contributed by atoms with E-state index in [1.807, 2.05) is 29.6 Å². The average molecular weight is 441 g/mol. The fourth-order valence-electron chi connectivity index (χ4n) is 3.57. The van der Waals surface area contributed by atoms with Gasteiger partial charge in [0.2, 0.25) is 5.95 Å². The van der Waals surface area contributed by atoms with Gasteiger partial charge >= 0.3 is 12.2 Å². The van der Waals surface area contributed by atoms with Gasteiger partial charge in [0.25, 0.3) is 11.6 Å². The summed E-state index contributed by atoms with van der Waals surface area (Å²) in [6.45, 7) is -0.208. The fraction of sp³-hybridized carbons (Fsp3) is 0.333. The van der Waals surface area contributed by atoms with Crippen molar-refractivity contribution in [2.45, 2.75) is 24.3 Å². The molecule has 3 N–H and O–H groups in total. The Kier molecular flexibility index (Phi) is 4.92. The van der Waals surface area contributed by atoms with Gasteiger partial charge in [-0.2, -0.15) is 13.2 Å². The number of halogens is 4. The number of alkyl halides is 3. The molecule has 1 fully saturated rings. The van der Waals surface area contributed by atoms with E-state index < -0.39 is 29.7 Å². The van der Waals surface area contributed by atoms with E-state index in [2.05, 4.69) is 15.3 Å². The number of carbonyl (C=O) groups is 2. The van der Waals surface area contributed by atoms with Gasteiger partial charge in [-0.3, -0.25) is 15.0 Å². The zero-order valence-corrected chi connectivity index (χ0v) is 16.0. The quantitative estimate of drug-likeness (QED) is 0.608. The Hall–Kier alpha value is -3.08. The molecule has 1 saturated heterocycles. The number of urea groups is 1. The van der Waals surface area contributed by atoms with Crippen molar-refractivity contribution in [3.63, 3.8) is 0 Å². The van der Waals surface area contributed by atoms with Crippen molar-refractivity contribution in [1.29, 1.82) is 0 Å². The molecule has 158 valence electrons. The summed E-state index contributed by atoms with van der Waals surface area (Å²) >= 11 is 5.64. The third-order valence-electron chi connectivity index (χ3n) is 5.10. The van der Waals surface area contributed by atoms with E-state index in [0.29, 0.717) is 4.90 Å². The Labute approximate surface area is 173 Å². The van der Waals surface area contributed by atoms with Gasteiger partial charge in [0, 0.05) is 12.5 Å². The number of hydrogen-bond donors (Lipinski definition) is 3. The second-order valence-corrected chi connectivity index (χ2v) is 7.38. The van der Waals surface area contributed by atoms with Gasteiger partial charge in [-0.05, 0) is 18.2 Å². The number of nitrogens with zero attached hydrogens (tertiary/aromatic N) is 3. The minimum Gasteiger partial charge on any atom is -0.384 e. The summed E-state index contributed by atoms with van der Waals surface area (Å²) in [6, 6.07) is -1.09. The molecule has 3 amide bonds. The topological polar surface area (TPSA) is 99.2 Å². The van der Waals surface area contributed by atoms with Gasteiger partial charge in [0.15, 0.2) is 0 Å². The summed E-state index contributed by atoms with van der Waals surface area (Å²) in [7, 11) is 0. The molecule has 1 aliphatic carbocycles. The molecule has 0 bridgehead atoms. The van der Waals surface area contributed by atoms with E-state index >= 15 is 0 Å². The van der Waals surface area contributed by atoms with Gasteiger partial charge in [-0.15, -0.1) is 0 Å². The molecule has 0 saturated carbocycles. The highest BCUT2D eigenvalue weighted by atomic mass is 35.5. The largest absolute Gasteiger partial charge is 0.440 e. The van der Waals surface area contributed by atoms with Crippen LogP contribution in [0.5, 0.6) is 0 Å². The molecule has 3 aliphatic rings. The van der Waals surface area contributed by atoms with Crippen LogP contribution >= 0.6 is 11.6 Å². The number of anilines is 1. The van der Waals surface area contributed by atoms with Crippen LogP contribution in [0, 0.1) is 5.92 Å².